The van der Waals surface area contributed by atoms with Gasteiger partial charge >= 0.3 is 5.97 Å². The van der Waals surface area contributed by atoms with Gasteiger partial charge in [-0.25, -0.2) is 0 Å². The van der Waals surface area contributed by atoms with Crippen LogP contribution in [0.5, 0.6) is 5.88 Å². The van der Waals surface area contributed by atoms with Crippen molar-refractivity contribution in [1.82, 2.24) is 9.38 Å². The monoisotopic (exact) mass is 292 g/mol. The third-order valence-electron chi connectivity index (χ3n) is 3.87. The van der Waals surface area contributed by atoms with Crippen LogP contribution in [-0.2, 0) is 4.79 Å². The molecule has 0 spiro atoms. The molecule has 108 valence electrons. The summed E-state index contributed by atoms with van der Waals surface area (Å²) in [4.78, 5) is 29.0. The minimum Gasteiger partial charge on any atom is -0.407 e. The lowest BCUT2D eigenvalue weighted by Gasteiger charge is -2.23. The highest BCUT2D eigenvalue weighted by atomic mass is 16.5. The van der Waals surface area contributed by atoms with Crippen LogP contribution in [0.25, 0.3) is 5.65 Å². The standard InChI is InChI=1S/C17H12N2O3/c20-14-10-12(11-6-2-1-3-7-11)15-16(22-14)18-13-8-4-5-9-19(13)17(15)21/h1-9,12H,10H2. The molecule has 0 saturated carbocycles. The highest BCUT2D eigenvalue weighted by Gasteiger charge is 2.32. The van der Waals surface area contributed by atoms with Crippen LogP contribution in [0.4, 0.5) is 0 Å². The number of pyridine rings is 1. The average Bonchev–Trinajstić information content (AvgIpc) is 2.55. The van der Waals surface area contributed by atoms with Crippen LogP contribution in [-0.4, -0.2) is 15.4 Å². The summed E-state index contributed by atoms with van der Waals surface area (Å²) < 4.78 is 6.69. The average molecular weight is 292 g/mol. The Balaban J connectivity index is 2.02. The molecular formula is C17H12N2O3. The van der Waals surface area contributed by atoms with Gasteiger partial charge in [0, 0.05) is 12.1 Å². The first kappa shape index (κ1) is 12.8. The zero-order valence-electron chi connectivity index (χ0n) is 11.6. The smallest absolute Gasteiger partial charge is 0.313 e. The second-order valence-electron chi connectivity index (χ2n) is 5.21. The van der Waals surface area contributed by atoms with Gasteiger partial charge in [-0.1, -0.05) is 36.4 Å². The van der Waals surface area contributed by atoms with E-state index in [4.69, 9.17) is 4.74 Å². The van der Waals surface area contributed by atoms with E-state index < -0.39 is 0 Å². The Morgan fingerprint density at radius 1 is 1.05 bits per heavy atom. The minimum absolute atomic E-state index is 0.126. The van der Waals surface area contributed by atoms with E-state index in [0.717, 1.165) is 5.56 Å². The number of carbonyl (C=O) groups is 1. The third-order valence-corrected chi connectivity index (χ3v) is 3.87. The van der Waals surface area contributed by atoms with Gasteiger partial charge in [-0.3, -0.25) is 14.0 Å². The summed E-state index contributed by atoms with van der Waals surface area (Å²) >= 11 is 0. The molecule has 0 aliphatic carbocycles. The zero-order valence-corrected chi connectivity index (χ0v) is 11.6. The number of ether oxygens (including phenoxy) is 1. The molecule has 3 heterocycles. The van der Waals surface area contributed by atoms with Crippen LogP contribution in [0.2, 0.25) is 0 Å². The van der Waals surface area contributed by atoms with Crippen molar-refractivity contribution >= 4 is 11.6 Å². The number of fused-ring (bicyclic) bond motifs is 2. The number of rotatable bonds is 1. The van der Waals surface area contributed by atoms with Gasteiger partial charge < -0.3 is 4.74 Å². The predicted octanol–water partition coefficient (Wildman–Crippen LogP) is 2.14. The molecule has 0 N–H and O–H groups in total. The summed E-state index contributed by atoms with van der Waals surface area (Å²) in [6.45, 7) is 0. The van der Waals surface area contributed by atoms with Crippen molar-refractivity contribution < 1.29 is 9.53 Å². The molecule has 0 amide bonds. The topological polar surface area (TPSA) is 60.7 Å². The van der Waals surface area contributed by atoms with Gasteiger partial charge in [0.2, 0.25) is 5.88 Å². The van der Waals surface area contributed by atoms with E-state index in [1.54, 1.807) is 24.4 Å². The third kappa shape index (κ3) is 1.90. The van der Waals surface area contributed by atoms with Crippen molar-refractivity contribution in [2.24, 2.45) is 0 Å². The number of aromatic nitrogens is 2. The summed E-state index contributed by atoms with van der Waals surface area (Å²) in [5.41, 5.74) is 1.62. The van der Waals surface area contributed by atoms with Gasteiger partial charge in [0.1, 0.15) is 5.65 Å². The van der Waals surface area contributed by atoms with Crippen LogP contribution in [0.15, 0.2) is 59.5 Å². The lowest BCUT2D eigenvalue weighted by Crippen LogP contribution is -2.31. The Kier molecular flexibility index (Phi) is 2.79. The van der Waals surface area contributed by atoms with E-state index >= 15 is 0 Å². The number of hydrogen-bond donors (Lipinski definition) is 0. The highest BCUT2D eigenvalue weighted by Crippen LogP contribution is 2.35. The second-order valence-corrected chi connectivity index (χ2v) is 5.21. The molecule has 5 nitrogen and oxygen atoms in total. The summed E-state index contributed by atoms with van der Waals surface area (Å²) in [7, 11) is 0. The molecule has 2 aromatic heterocycles. The maximum absolute atomic E-state index is 12.8. The molecule has 0 bridgehead atoms. The fraction of sp³-hybridized carbons (Fsp3) is 0.118. The molecule has 1 aliphatic heterocycles. The van der Waals surface area contributed by atoms with Crippen molar-refractivity contribution in [3.63, 3.8) is 0 Å². The second kappa shape index (κ2) is 4.80. The summed E-state index contributed by atoms with van der Waals surface area (Å²) in [6, 6.07) is 14.8. The molecular weight excluding hydrogens is 280 g/mol. The van der Waals surface area contributed by atoms with Gasteiger partial charge in [0.15, 0.2) is 0 Å². The SMILES string of the molecule is O=C1CC(c2ccccc2)c2c(nc3ccccn3c2=O)O1. The molecule has 0 radical (unpaired) electrons. The lowest BCUT2D eigenvalue weighted by molar-refractivity contribution is -0.135. The van der Waals surface area contributed by atoms with E-state index in [1.807, 2.05) is 30.3 Å². The van der Waals surface area contributed by atoms with Gasteiger partial charge in [-0.2, -0.15) is 4.98 Å². The van der Waals surface area contributed by atoms with Crippen molar-refractivity contribution in [3.8, 4) is 5.88 Å². The Morgan fingerprint density at radius 3 is 2.64 bits per heavy atom. The molecule has 1 atom stereocenters. The van der Waals surface area contributed by atoms with Gasteiger partial charge in [-0.05, 0) is 17.7 Å². The van der Waals surface area contributed by atoms with Gasteiger partial charge in [0.05, 0.1) is 12.0 Å². The number of hydrogen-bond acceptors (Lipinski definition) is 4. The Morgan fingerprint density at radius 2 is 1.82 bits per heavy atom. The fourth-order valence-corrected chi connectivity index (χ4v) is 2.85. The van der Waals surface area contributed by atoms with Crippen LogP contribution in [0, 0.1) is 0 Å². The first-order valence-corrected chi connectivity index (χ1v) is 7.01. The highest BCUT2D eigenvalue weighted by molar-refractivity contribution is 5.77. The number of carbonyl (C=O) groups excluding carboxylic acids is 1. The largest absolute Gasteiger partial charge is 0.407 e. The molecule has 1 unspecified atom stereocenters. The van der Waals surface area contributed by atoms with E-state index in [-0.39, 0.29) is 29.7 Å². The molecule has 3 aromatic rings. The maximum Gasteiger partial charge on any atom is 0.313 e. The first-order chi connectivity index (χ1) is 10.7. The van der Waals surface area contributed by atoms with Gasteiger partial charge in [0.25, 0.3) is 5.56 Å². The van der Waals surface area contributed by atoms with E-state index in [0.29, 0.717) is 11.2 Å². The molecule has 4 rings (SSSR count). The van der Waals surface area contributed by atoms with E-state index in [1.165, 1.54) is 4.40 Å². The van der Waals surface area contributed by atoms with Gasteiger partial charge in [-0.15, -0.1) is 0 Å². The minimum atomic E-state index is -0.367. The maximum atomic E-state index is 12.8. The van der Waals surface area contributed by atoms with E-state index in [2.05, 4.69) is 4.98 Å². The first-order valence-electron chi connectivity index (χ1n) is 7.01. The Hall–Kier alpha value is -2.95. The summed E-state index contributed by atoms with van der Waals surface area (Å²) in [5.74, 6) is -0.565. The van der Waals surface area contributed by atoms with Crippen molar-refractivity contribution in [1.29, 1.82) is 0 Å². The van der Waals surface area contributed by atoms with Crippen LogP contribution < -0.4 is 10.3 Å². The molecule has 0 fully saturated rings. The number of esters is 1. The van der Waals surface area contributed by atoms with Crippen molar-refractivity contribution in [2.75, 3.05) is 0 Å². The van der Waals surface area contributed by atoms with E-state index in [9.17, 15) is 9.59 Å². The number of nitrogens with zero attached hydrogens (tertiary/aromatic N) is 2. The molecule has 5 heteroatoms. The predicted molar refractivity (Wildman–Crippen MR) is 80.0 cm³/mol. The molecule has 1 aromatic carbocycles. The van der Waals surface area contributed by atoms with Crippen LogP contribution in [0.3, 0.4) is 0 Å². The van der Waals surface area contributed by atoms with Crippen molar-refractivity contribution in [2.45, 2.75) is 12.3 Å². The van der Waals surface area contributed by atoms with Crippen molar-refractivity contribution in [3.05, 3.63) is 76.2 Å². The fourth-order valence-electron chi connectivity index (χ4n) is 2.85. The molecule has 22 heavy (non-hydrogen) atoms. The summed E-state index contributed by atoms with van der Waals surface area (Å²) in [6.07, 6.45) is 1.82. The zero-order chi connectivity index (χ0) is 15.1. The quantitative estimate of drug-likeness (QED) is 0.645. The Labute approximate surface area is 125 Å². The summed E-state index contributed by atoms with van der Waals surface area (Å²) in [5, 5.41) is 0. The molecule has 1 aliphatic rings. The normalized spacial score (nSPS) is 17.1. The van der Waals surface area contributed by atoms with Crippen LogP contribution >= 0.6 is 0 Å². The molecule has 0 saturated heterocycles. The lowest BCUT2D eigenvalue weighted by atomic mass is 9.88. The number of benzene rings is 1. The van der Waals surface area contributed by atoms with Crippen LogP contribution in [0.1, 0.15) is 23.5 Å². The Bertz CT molecular complexity index is 932.